The van der Waals surface area contributed by atoms with E-state index < -0.39 is 23.5 Å². The molecule has 1 N–H and O–H groups in total. The Morgan fingerprint density at radius 2 is 1.52 bits per heavy atom. The van der Waals surface area contributed by atoms with Crippen LogP contribution < -0.4 is 0 Å². The number of β-amino-alcohol motifs (C(OH)–C–C–N with tert-alkyl or cyclic N) is 1. The molecule has 1 fully saturated rings. The number of rotatable bonds is 4. The highest BCUT2D eigenvalue weighted by Gasteiger charge is 2.47. The van der Waals surface area contributed by atoms with E-state index in [1.54, 1.807) is 31.2 Å². The minimum atomic E-state index is -0.934. The van der Waals surface area contributed by atoms with Crippen molar-refractivity contribution in [3.8, 4) is 0 Å². The van der Waals surface area contributed by atoms with Crippen LogP contribution in [0.4, 0.5) is 0 Å². The van der Waals surface area contributed by atoms with E-state index in [4.69, 9.17) is 0 Å². The van der Waals surface area contributed by atoms with Gasteiger partial charge in [0.1, 0.15) is 6.04 Å². The van der Waals surface area contributed by atoms with Crippen LogP contribution in [0.15, 0.2) is 54.6 Å². The molecule has 2 aliphatic heterocycles. The van der Waals surface area contributed by atoms with Crippen molar-refractivity contribution in [1.29, 1.82) is 0 Å². The van der Waals surface area contributed by atoms with E-state index in [2.05, 4.69) is 0 Å². The van der Waals surface area contributed by atoms with Gasteiger partial charge in [-0.2, -0.15) is 0 Å². The van der Waals surface area contributed by atoms with Crippen LogP contribution in [0.5, 0.6) is 0 Å². The van der Waals surface area contributed by atoms with Crippen molar-refractivity contribution in [3.05, 3.63) is 71.3 Å². The van der Waals surface area contributed by atoms with Gasteiger partial charge in [-0.25, -0.2) is 0 Å². The van der Waals surface area contributed by atoms with Crippen molar-refractivity contribution in [2.24, 2.45) is 0 Å². The third-order valence-corrected chi connectivity index (χ3v) is 5.07. The van der Waals surface area contributed by atoms with E-state index in [0.29, 0.717) is 11.1 Å². The van der Waals surface area contributed by atoms with Crippen LogP contribution in [0.3, 0.4) is 0 Å². The normalized spacial score (nSPS) is 18.9. The lowest BCUT2D eigenvalue weighted by Gasteiger charge is -2.46. The van der Waals surface area contributed by atoms with Gasteiger partial charge in [-0.1, -0.05) is 42.5 Å². The zero-order chi connectivity index (χ0) is 19.2. The van der Waals surface area contributed by atoms with Gasteiger partial charge in [-0.15, -0.1) is 0 Å². The molecule has 0 aromatic heterocycles. The van der Waals surface area contributed by atoms with Gasteiger partial charge in [0.25, 0.3) is 11.8 Å². The minimum absolute atomic E-state index is 0.195. The molecule has 1 saturated heterocycles. The highest BCUT2D eigenvalue weighted by Crippen LogP contribution is 2.29. The molecule has 2 heterocycles. The molecular weight excluding hydrogens is 344 g/mol. The molecule has 138 valence electrons. The van der Waals surface area contributed by atoms with Crippen LogP contribution in [-0.2, 0) is 11.2 Å². The van der Waals surface area contributed by atoms with Gasteiger partial charge in [0.15, 0.2) is 0 Å². The fraction of sp³-hybridized carbons (Fsp3) is 0.286. The number of amides is 3. The zero-order valence-corrected chi connectivity index (χ0v) is 15.0. The molecule has 6 heteroatoms. The molecule has 6 nitrogen and oxygen atoms in total. The van der Waals surface area contributed by atoms with Gasteiger partial charge in [0.05, 0.1) is 29.8 Å². The third-order valence-electron chi connectivity index (χ3n) is 5.07. The summed E-state index contributed by atoms with van der Waals surface area (Å²) >= 11 is 0. The number of imide groups is 1. The molecule has 0 radical (unpaired) electrons. The fourth-order valence-electron chi connectivity index (χ4n) is 3.76. The largest absolute Gasteiger partial charge is 0.386 e. The van der Waals surface area contributed by atoms with Crippen LogP contribution >= 0.6 is 0 Å². The number of carbonyl (C=O) groups is 3. The lowest BCUT2D eigenvalue weighted by molar-refractivity contribution is -0.156. The van der Waals surface area contributed by atoms with E-state index in [0.717, 1.165) is 10.5 Å². The molecule has 0 spiro atoms. The first-order chi connectivity index (χ1) is 12.9. The predicted molar refractivity (Wildman–Crippen MR) is 98.1 cm³/mol. The summed E-state index contributed by atoms with van der Waals surface area (Å²) in [7, 11) is 0. The maximum Gasteiger partial charge on any atom is 0.262 e. The molecule has 27 heavy (non-hydrogen) atoms. The molecule has 2 aromatic carbocycles. The van der Waals surface area contributed by atoms with Crippen molar-refractivity contribution in [1.82, 2.24) is 9.80 Å². The molecule has 2 aliphatic rings. The van der Waals surface area contributed by atoms with E-state index in [1.165, 1.54) is 4.90 Å². The van der Waals surface area contributed by atoms with Gasteiger partial charge in [-0.05, 0) is 24.6 Å². The maximum atomic E-state index is 13.1. The first-order valence-corrected chi connectivity index (χ1v) is 8.89. The lowest BCUT2D eigenvalue weighted by atomic mass is 9.94. The third kappa shape index (κ3) is 3.02. The number of carbonyl (C=O) groups excluding carboxylic acids is 3. The van der Waals surface area contributed by atoms with E-state index in [9.17, 15) is 19.5 Å². The van der Waals surface area contributed by atoms with Gasteiger partial charge in [-0.3, -0.25) is 19.3 Å². The average molecular weight is 364 g/mol. The maximum absolute atomic E-state index is 13.1. The lowest BCUT2D eigenvalue weighted by Crippen LogP contribution is -2.65. The van der Waals surface area contributed by atoms with Crippen LogP contribution in [0.25, 0.3) is 0 Å². The van der Waals surface area contributed by atoms with E-state index in [-0.39, 0.29) is 25.4 Å². The molecule has 2 aromatic rings. The Balaban J connectivity index is 1.67. The Bertz CT molecular complexity index is 880. The Kier molecular flexibility index (Phi) is 4.08. The summed E-state index contributed by atoms with van der Waals surface area (Å²) < 4.78 is 0. The van der Waals surface area contributed by atoms with Crippen LogP contribution in [0, 0.1) is 0 Å². The summed E-state index contributed by atoms with van der Waals surface area (Å²) in [4.78, 5) is 41.5. The first-order valence-electron chi connectivity index (χ1n) is 8.89. The minimum Gasteiger partial charge on any atom is -0.386 e. The first kappa shape index (κ1) is 17.4. The Morgan fingerprint density at radius 1 is 1.00 bits per heavy atom. The summed E-state index contributed by atoms with van der Waals surface area (Å²) in [6.45, 7) is 2.05. The Hall–Kier alpha value is -2.99. The number of fused-ring (bicyclic) bond motifs is 1. The molecule has 0 bridgehead atoms. The average Bonchev–Trinajstić information content (AvgIpc) is 2.89. The molecule has 1 unspecified atom stereocenters. The molecule has 0 aliphatic carbocycles. The van der Waals surface area contributed by atoms with Crippen molar-refractivity contribution in [2.75, 3.05) is 13.1 Å². The van der Waals surface area contributed by atoms with Gasteiger partial charge in [0.2, 0.25) is 5.91 Å². The highest BCUT2D eigenvalue weighted by atomic mass is 16.3. The van der Waals surface area contributed by atoms with Gasteiger partial charge >= 0.3 is 0 Å². The predicted octanol–water partition coefficient (Wildman–Crippen LogP) is 1.49. The zero-order valence-electron chi connectivity index (χ0n) is 15.0. The van der Waals surface area contributed by atoms with Crippen LogP contribution in [-0.4, -0.2) is 57.4 Å². The second-order valence-corrected chi connectivity index (χ2v) is 7.42. The fourth-order valence-corrected chi connectivity index (χ4v) is 3.76. The summed E-state index contributed by atoms with van der Waals surface area (Å²) in [5.41, 5.74) is 0.585. The van der Waals surface area contributed by atoms with Gasteiger partial charge < -0.3 is 10.0 Å². The number of aliphatic hydroxyl groups is 1. The van der Waals surface area contributed by atoms with Crippen molar-refractivity contribution < 1.29 is 19.5 Å². The van der Waals surface area contributed by atoms with E-state index >= 15 is 0 Å². The highest BCUT2D eigenvalue weighted by molar-refractivity contribution is 6.22. The summed E-state index contributed by atoms with van der Waals surface area (Å²) in [6, 6.07) is 15.0. The van der Waals surface area contributed by atoms with Crippen molar-refractivity contribution in [3.63, 3.8) is 0 Å². The quantitative estimate of drug-likeness (QED) is 0.834. The molecule has 1 atom stereocenters. The molecule has 3 amide bonds. The summed E-state index contributed by atoms with van der Waals surface area (Å²) in [5, 5.41) is 9.97. The second kappa shape index (κ2) is 6.32. The molecule has 4 rings (SSSR count). The van der Waals surface area contributed by atoms with E-state index in [1.807, 2.05) is 30.3 Å². The molecule has 0 saturated carbocycles. The number of hydrogen-bond acceptors (Lipinski definition) is 4. The second-order valence-electron chi connectivity index (χ2n) is 7.42. The monoisotopic (exact) mass is 364 g/mol. The van der Waals surface area contributed by atoms with Crippen LogP contribution in [0.1, 0.15) is 33.2 Å². The number of benzene rings is 2. The number of nitrogens with zero attached hydrogens (tertiary/aromatic N) is 2. The Morgan fingerprint density at radius 3 is 2.04 bits per heavy atom. The molecular formula is C21H20N2O4. The SMILES string of the molecule is CC1(O)CN(C(=O)C(Cc2ccccc2)N2C(=O)c3ccccc3C2=O)C1. The van der Waals surface area contributed by atoms with Crippen molar-refractivity contribution >= 4 is 17.7 Å². The summed E-state index contributed by atoms with van der Waals surface area (Å²) in [6.07, 6.45) is 0.240. The van der Waals surface area contributed by atoms with Crippen LogP contribution in [0.2, 0.25) is 0 Å². The van der Waals surface area contributed by atoms with Gasteiger partial charge in [0, 0.05) is 6.42 Å². The smallest absolute Gasteiger partial charge is 0.262 e. The van der Waals surface area contributed by atoms with Crippen molar-refractivity contribution in [2.45, 2.75) is 25.0 Å². The summed E-state index contributed by atoms with van der Waals surface area (Å²) in [5.74, 6) is -1.21. The topological polar surface area (TPSA) is 77.9 Å². The number of hydrogen-bond donors (Lipinski definition) is 1. The Labute approximate surface area is 157 Å². The standard InChI is InChI=1S/C21H20N2O4/c1-21(27)12-22(13-21)20(26)17(11-14-7-3-2-4-8-14)23-18(24)15-9-5-6-10-16(15)19(23)25/h2-10,17,27H,11-13H2,1H3. The number of likely N-dealkylation sites (tertiary alicyclic amines) is 1.